The van der Waals surface area contributed by atoms with Gasteiger partial charge in [0.2, 0.25) is 10.0 Å². The van der Waals surface area contributed by atoms with Crippen molar-refractivity contribution in [2.45, 2.75) is 39.5 Å². The molecule has 152 valence electrons. The van der Waals surface area contributed by atoms with Crippen molar-refractivity contribution in [2.24, 2.45) is 0 Å². The normalized spacial score (nSPS) is 11.7. The van der Waals surface area contributed by atoms with Crippen molar-refractivity contribution in [1.29, 1.82) is 0 Å². The molecule has 2 rings (SSSR count). The van der Waals surface area contributed by atoms with Gasteiger partial charge in [-0.1, -0.05) is 43.1 Å². The molecule has 0 saturated heterocycles. The number of sulfonamides is 1. The number of carbonyl (C=O) groups excluding carboxylic acids is 1. The molecule has 7 heteroatoms. The lowest BCUT2D eigenvalue weighted by atomic mass is 10.1. The number of aryl methyl sites for hydroxylation is 2. The number of hydrogen-bond acceptors (Lipinski definition) is 3. The highest BCUT2D eigenvalue weighted by Crippen LogP contribution is 2.28. The summed E-state index contributed by atoms with van der Waals surface area (Å²) in [7, 11) is -3.68. The standard InChI is InChI=1S/C21H27ClN2O3S/c1-6-23(7-2)28(26,27)17-10-11-19(22)18(14-17)21(25)24(8-3)20-12-9-15(4)13-16(20)5/h9-14H,6-8H2,1-5H3. The zero-order valence-electron chi connectivity index (χ0n) is 17.0. The Balaban J connectivity index is 2.53. The first-order valence-electron chi connectivity index (χ1n) is 9.36. The summed E-state index contributed by atoms with van der Waals surface area (Å²) >= 11 is 6.29. The highest BCUT2D eigenvalue weighted by molar-refractivity contribution is 7.89. The molecular weight excluding hydrogens is 396 g/mol. The van der Waals surface area contributed by atoms with Crippen molar-refractivity contribution in [3.05, 3.63) is 58.1 Å². The Morgan fingerprint density at radius 2 is 1.61 bits per heavy atom. The van der Waals surface area contributed by atoms with Gasteiger partial charge in [0.05, 0.1) is 15.5 Å². The van der Waals surface area contributed by atoms with Gasteiger partial charge in [-0.2, -0.15) is 4.31 Å². The second-order valence-corrected chi connectivity index (χ2v) is 8.92. The van der Waals surface area contributed by atoms with E-state index in [9.17, 15) is 13.2 Å². The van der Waals surface area contributed by atoms with Crippen LogP contribution in [0.25, 0.3) is 0 Å². The number of hydrogen-bond donors (Lipinski definition) is 0. The molecule has 0 spiro atoms. The summed E-state index contributed by atoms with van der Waals surface area (Å²) in [5.41, 5.74) is 3.04. The highest BCUT2D eigenvalue weighted by Gasteiger charge is 2.26. The number of rotatable bonds is 7. The molecule has 28 heavy (non-hydrogen) atoms. The van der Waals surface area contributed by atoms with Crippen molar-refractivity contribution < 1.29 is 13.2 Å². The quantitative estimate of drug-likeness (QED) is 0.652. The first-order valence-corrected chi connectivity index (χ1v) is 11.2. The molecule has 0 fully saturated rings. The van der Waals surface area contributed by atoms with Gasteiger partial charge in [-0.25, -0.2) is 8.42 Å². The molecule has 5 nitrogen and oxygen atoms in total. The molecule has 1 amide bonds. The number of anilines is 1. The fourth-order valence-corrected chi connectivity index (χ4v) is 4.90. The maximum Gasteiger partial charge on any atom is 0.259 e. The van der Waals surface area contributed by atoms with Gasteiger partial charge in [0.25, 0.3) is 5.91 Å². The monoisotopic (exact) mass is 422 g/mol. The van der Waals surface area contributed by atoms with Crippen LogP contribution in [0.15, 0.2) is 41.3 Å². The molecule has 0 aliphatic heterocycles. The van der Waals surface area contributed by atoms with Gasteiger partial charge in [0.1, 0.15) is 0 Å². The number of benzene rings is 2. The van der Waals surface area contributed by atoms with Crippen LogP contribution in [0, 0.1) is 13.8 Å². The maximum absolute atomic E-state index is 13.3. The number of halogens is 1. The third-order valence-electron chi connectivity index (χ3n) is 4.72. The lowest BCUT2D eigenvalue weighted by Crippen LogP contribution is -2.33. The largest absolute Gasteiger partial charge is 0.308 e. The Kier molecular flexibility index (Phi) is 7.26. The fraction of sp³-hybridized carbons (Fsp3) is 0.381. The van der Waals surface area contributed by atoms with Crippen molar-refractivity contribution in [2.75, 3.05) is 24.5 Å². The van der Waals surface area contributed by atoms with Crippen LogP contribution in [0.2, 0.25) is 5.02 Å². The van der Waals surface area contributed by atoms with Crippen molar-refractivity contribution in [1.82, 2.24) is 4.31 Å². The van der Waals surface area contributed by atoms with Crippen LogP contribution in [0.5, 0.6) is 0 Å². The molecule has 0 aliphatic carbocycles. The van der Waals surface area contributed by atoms with Crippen LogP contribution in [0.4, 0.5) is 5.69 Å². The fourth-order valence-electron chi connectivity index (χ4n) is 3.22. The molecular formula is C21H27ClN2O3S. The Labute approximate surface area is 173 Å². The molecule has 0 aliphatic rings. The highest BCUT2D eigenvalue weighted by atomic mass is 35.5. The lowest BCUT2D eigenvalue weighted by Gasteiger charge is -2.24. The van der Waals surface area contributed by atoms with Crippen molar-refractivity contribution in [3.8, 4) is 0 Å². The zero-order chi connectivity index (χ0) is 21.1. The summed E-state index contributed by atoms with van der Waals surface area (Å²) in [4.78, 5) is 14.9. The van der Waals surface area contributed by atoms with Gasteiger partial charge in [0.15, 0.2) is 0 Å². The van der Waals surface area contributed by atoms with E-state index in [1.54, 1.807) is 18.7 Å². The molecule has 2 aromatic carbocycles. The molecule has 0 atom stereocenters. The van der Waals surface area contributed by atoms with Crippen molar-refractivity contribution in [3.63, 3.8) is 0 Å². The van der Waals surface area contributed by atoms with E-state index in [1.165, 1.54) is 22.5 Å². The smallest absolute Gasteiger partial charge is 0.259 e. The first-order chi connectivity index (χ1) is 13.2. The topological polar surface area (TPSA) is 57.7 Å². The summed E-state index contributed by atoms with van der Waals surface area (Å²) in [5.74, 6) is -0.323. The third-order valence-corrected chi connectivity index (χ3v) is 7.09. The first kappa shape index (κ1) is 22.4. The molecule has 0 heterocycles. The van der Waals surface area contributed by atoms with E-state index in [0.717, 1.165) is 16.8 Å². The number of nitrogens with zero attached hydrogens (tertiary/aromatic N) is 2. The SMILES string of the molecule is CCN(C(=O)c1cc(S(=O)(=O)N(CC)CC)ccc1Cl)c1ccc(C)cc1C. The maximum atomic E-state index is 13.3. The van der Waals surface area contributed by atoms with E-state index < -0.39 is 10.0 Å². The van der Waals surface area contributed by atoms with Gasteiger partial charge < -0.3 is 4.90 Å². The van der Waals surface area contributed by atoms with Crippen molar-refractivity contribution >= 4 is 33.2 Å². The predicted octanol–water partition coefficient (Wildman–Crippen LogP) is 4.65. The Hall–Kier alpha value is -1.89. The van der Waals surface area contributed by atoms with Gasteiger partial charge in [-0.15, -0.1) is 0 Å². The van der Waals surface area contributed by atoms with Gasteiger partial charge >= 0.3 is 0 Å². The Morgan fingerprint density at radius 1 is 0.964 bits per heavy atom. The van der Waals surface area contributed by atoms with Crippen LogP contribution in [-0.2, 0) is 10.0 Å². The summed E-state index contributed by atoms with van der Waals surface area (Å²) in [5, 5.41) is 0.228. The van der Waals surface area contributed by atoms with E-state index in [2.05, 4.69) is 0 Å². The van der Waals surface area contributed by atoms with Gasteiger partial charge in [0, 0.05) is 25.3 Å². The minimum absolute atomic E-state index is 0.0700. The molecule has 0 saturated carbocycles. The third kappa shape index (κ3) is 4.40. The van der Waals surface area contributed by atoms with Crippen LogP contribution in [0.3, 0.4) is 0 Å². The van der Waals surface area contributed by atoms with E-state index in [-0.39, 0.29) is 21.4 Å². The number of carbonyl (C=O) groups is 1. The molecule has 0 N–H and O–H groups in total. The van der Waals surface area contributed by atoms with E-state index >= 15 is 0 Å². The average Bonchev–Trinajstić information content (AvgIpc) is 2.64. The summed E-state index contributed by atoms with van der Waals surface area (Å²) in [6, 6.07) is 10.2. The molecule has 2 aromatic rings. The summed E-state index contributed by atoms with van der Waals surface area (Å²) in [6.45, 7) is 10.5. The summed E-state index contributed by atoms with van der Waals surface area (Å²) < 4.78 is 27.0. The predicted molar refractivity (Wildman–Crippen MR) is 115 cm³/mol. The van der Waals surface area contributed by atoms with E-state index in [4.69, 9.17) is 11.6 Å². The minimum atomic E-state index is -3.68. The second kappa shape index (κ2) is 9.07. The zero-order valence-corrected chi connectivity index (χ0v) is 18.6. The average molecular weight is 423 g/mol. The van der Waals surface area contributed by atoms with E-state index in [1.807, 2.05) is 39.0 Å². The van der Waals surface area contributed by atoms with Crippen LogP contribution in [0.1, 0.15) is 42.3 Å². The molecule has 0 aromatic heterocycles. The Bertz CT molecular complexity index is 970. The van der Waals surface area contributed by atoms with E-state index in [0.29, 0.717) is 19.6 Å². The minimum Gasteiger partial charge on any atom is -0.308 e. The molecule has 0 unspecified atom stereocenters. The Morgan fingerprint density at radius 3 is 2.14 bits per heavy atom. The second-order valence-electron chi connectivity index (χ2n) is 6.57. The van der Waals surface area contributed by atoms with Crippen LogP contribution < -0.4 is 4.90 Å². The molecule has 0 radical (unpaired) electrons. The van der Waals surface area contributed by atoms with Gasteiger partial charge in [-0.3, -0.25) is 4.79 Å². The van der Waals surface area contributed by atoms with Crippen LogP contribution in [-0.4, -0.2) is 38.3 Å². The van der Waals surface area contributed by atoms with Gasteiger partial charge in [-0.05, 0) is 50.6 Å². The molecule has 0 bridgehead atoms. The number of amides is 1. The lowest BCUT2D eigenvalue weighted by molar-refractivity contribution is 0.0988. The van der Waals surface area contributed by atoms with Crippen LogP contribution >= 0.6 is 11.6 Å². The summed E-state index contributed by atoms with van der Waals surface area (Å²) in [6.07, 6.45) is 0.